The molecule has 1 aromatic heterocycles. The van der Waals surface area contributed by atoms with Gasteiger partial charge in [-0.05, 0) is 19.1 Å². The Labute approximate surface area is 120 Å². The van der Waals surface area contributed by atoms with E-state index in [1.807, 2.05) is 0 Å². The summed E-state index contributed by atoms with van der Waals surface area (Å²) in [7, 11) is 0. The topological polar surface area (TPSA) is 78.1 Å². The van der Waals surface area contributed by atoms with E-state index in [-0.39, 0.29) is 24.1 Å². The summed E-state index contributed by atoms with van der Waals surface area (Å²) in [5.41, 5.74) is -0.855. The van der Waals surface area contributed by atoms with Crippen LogP contribution >= 0.6 is 0 Å². The van der Waals surface area contributed by atoms with Crippen LogP contribution in [0.1, 0.15) is 22.3 Å². The maximum absolute atomic E-state index is 12.3. The molecule has 0 N–H and O–H groups in total. The first kappa shape index (κ1) is 14.6. The number of hydrogen-bond acceptors (Lipinski definition) is 4. The van der Waals surface area contributed by atoms with Crippen molar-refractivity contribution in [1.82, 2.24) is 9.13 Å². The second-order valence-electron chi connectivity index (χ2n) is 4.56. The molecule has 0 unspecified atom stereocenters. The van der Waals surface area contributed by atoms with E-state index in [2.05, 4.69) is 0 Å². The molecule has 0 fully saturated rings. The highest BCUT2D eigenvalue weighted by atomic mass is 16.2. The number of aryl methyl sites for hydroxylation is 2. The fourth-order valence-electron chi connectivity index (χ4n) is 1.98. The van der Waals surface area contributed by atoms with Crippen LogP contribution in [0, 0.1) is 6.92 Å². The molecule has 0 saturated carbocycles. The van der Waals surface area contributed by atoms with Crippen molar-refractivity contribution in [3.63, 3.8) is 0 Å². The van der Waals surface area contributed by atoms with E-state index in [1.54, 1.807) is 18.2 Å². The molecule has 0 saturated heterocycles. The summed E-state index contributed by atoms with van der Waals surface area (Å²) < 4.78 is 1.81. The maximum Gasteiger partial charge on any atom is 0.338 e. The van der Waals surface area contributed by atoms with Gasteiger partial charge in [0.25, 0.3) is 11.5 Å². The second-order valence-corrected chi connectivity index (χ2v) is 4.56. The first-order valence-corrected chi connectivity index (χ1v) is 6.42. The van der Waals surface area contributed by atoms with Crippen molar-refractivity contribution in [3.8, 4) is 0 Å². The molecule has 0 amide bonds. The monoisotopic (exact) mass is 286 g/mol. The van der Waals surface area contributed by atoms with Gasteiger partial charge in [-0.15, -0.1) is 0 Å². The van der Waals surface area contributed by atoms with Gasteiger partial charge in [-0.25, -0.2) is 4.79 Å². The number of nitrogens with zero attached hydrogens (tertiary/aromatic N) is 2. The molecule has 0 spiro atoms. The molecular weight excluding hydrogens is 272 g/mol. The molecule has 0 aliphatic heterocycles. The predicted molar refractivity (Wildman–Crippen MR) is 76.6 cm³/mol. The molecule has 0 aliphatic carbocycles. The summed E-state index contributed by atoms with van der Waals surface area (Å²) in [6.45, 7) is 1.65. The van der Waals surface area contributed by atoms with Crippen LogP contribution in [0.4, 0.5) is 0 Å². The van der Waals surface area contributed by atoms with Gasteiger partial charge in [-0.2, -0.15) is 4.57 Å². The van der Waals surface area contributed by atoms with E-state index in [0.717, 1.165) is 0 Å². The van der Waals surface area contributed by atoms with Gasteiger partial charge in [0.15, 0.2) is 0 Å². The van der Waals surface area contributed by atoms with Crippen molar-refractivity contribution in [2.24, 2.45) is 0 Å². The van der Waals surface area contributed by atoms with E-state index in [9.17, 15) is 19.2 Å². The molecule has 108 valence electrons. The van der Waals surface area contributed by atoms with Gasteiger partial charge < -0.3 is 4.79 Å². The van der Waals surface area contributed by atoms with E-state index in [0.29, 0.717) is 10.9 Å². The highest BCUT2D eigenvalue weighted by Gasteiger charge is 2.16. The molecule has 0 aliphatic rings. The Balaban J connectivity index is 2.60. The molecule has 0 bridgehead atoms. The summed E-state index contributed by atoms with van der Waals surface area (Å²) in [6.07, 6.45) is 2.18. The molecule has 0 radical (unpaired) electrons. The van der Waals surface area contributed by atoms with E-state index in [4.69, 9.17) is 0 Å². The Morgan fingerprint density at radius 2 is 1.86 bits per heavy atom. The van der Waals surface area contributed by atoms with Crippen LogP contribution in [0.15, 0.2) is 46.1 Å². The van der Waals surface area contributed by atoms with Gasteiger partial charge >= 0.3 is 5.69 Å². The summed E-state index contributed by atoms with van der Waals surface area (Å²) >= 11 is 0. The lowest BCUT2D eigenvalue weighted by atomic mass is 10.2. The number of benzene rings is 1. The lowest BCUT2D eigenvalue weighted by Gasteiger charge is -2.09. The largest absolute Gasteiger partial charge is 0.338 e. The Hall–Kier alpha value is -2.76. The van der Waals surface area contributed by atoms with E-state index >= 15 is 0 Å². The fourth-order valence-corrected chi connectivity index (χ4v) is 1.98. The Morgan fingerprint density at radius 3 is 2.48 bits per heavy atom. The van der Waals surface area contributed by atoms with Gasteiger partial charge in [0.1, 0.15) is 6.29 Å². The highest BCUT2D eigenvalue weighted by molar-refractivity contribution is 5.95. The molecule has 6 nitrogen and oxygen atoms in total. The number of aromatic nitrogens is 2. The zero-order valence-electron chi connectivity index (χ0n) is 11.5. The van der Waals surface area contributed by atoms with Crippen LogP contribution in [0.2, 0.25) is 0 Å². The van der Waals surface area contributed by atoms with Crippen LogP contribution in [-0.4, -0.2) is 21.3 Å². The summed E-state index contributed by atoms with van der Waals surface area (Å²) in [5, 5.41) is 0. The minimum atomic E-state index is -0.735. The van der Waals surface area contributed by atoms with Crippen LogP contribution < -0.4 is 11.2 Å². The average Bonchev–Trinajstić information content (AvgIpc) is 2.50. The average molecular weight is 286 g/mol. The first-order valence-electron chi connectivity index (χ1n) is 6.42. The standard InChI is InChI=1S/C15H14N2O4/c1-11-10-16(8-5-9-18)15(21)17(13(11)19)14(20)12-6-3-2-4-7-12/h2-4,6-7,9-10H,5,8H2,1H3. The molecule has 0 atom stereocenters. The van der Waals surface area contributed by atoms with E-state index in [1.165, 1.54) is 29.8 Å². The molecule has 1 heterocycles. The molecule has 2 aromatic rings. The number of rotatable bonds is 4. The molecule has 1 aromatic carbocycles. The third-order valence-electron chi connectivity index (χ3n) is 3.04. The Bertz CT molecular complexity index is 788. The second kappa shape index (κ2) is 6.13. The van der Waals surface area contributed by atoms with Gasteiger partial charge in [0, 0.05) is 30.3 Å². The highest BCUT2D eigenvalue weighted by Crippen LogP contribution is 2.00. The summed E-state index contributed by atoms with van der Waals surface area (Å²) in [6, 6.07) is 8.11. The number of carbonyl (C=O) groups is 2. The number of carbonyl (C=O) groups excluding carboxylic acids is 2. The zero-order chi connectivity index (χ0) is 15.4. The zero-order valence-corrected chi connectivity index (χ0v) is 11.5. The van der Waals surface area contributed by atoms with Crippen LogP contribution in [-0.2, 0) is 11.3 Å². The van der Waals surface area contributed by atoms with Crippen molar-refractivity contribution in [3.05, 3.63) is 68.5 Å². The SMILES string of the molecule is Cc1cn(CCC=O)c(=O)n(C(=O)c2ccccc2)c1=O. The predicted octanol–water partition coefficient (Wildman–Crippen LogP) is 0.596. The van der Waals surface area contributed by atoms with Crippen LogP contribution in [0.5, 0.6) is 0 Å². The van der Waals surface area contributed by atoms with Crippen LogP contribution in [0.3, 0.4) is 0 Å². The minimum Gasteiger partial charge on any atom is -0.303 e. The van der Waals surface area contributed by atoms with Crippen molar-refractivity contribution in [2.75, 3.05) is 0 Å². The molecule has 2 rings (SSSR count). The molecule has 21 heavy (non-hydrogen) atoms. The first-order chi connectivity index (χ1) is 10.1. The van der Waals surface area contributed by atoms with Crippen LogP contribution in [0.25, 0.3) is 0 Å². The van der Waals surface area contributed by atoms with Crippen molar-refractivity contribution < 1.29 is 9.59 Å². The fraction of sp³-hybridized carbons (Fsp3) is 0.200. The quantitative estimate of drug-likeness (QED) is 0.771. The van der Waals surface area contributed by atoms with Crippen molar-refractivity contribution >= 4 is 12.2 Å². The third kappa shape index (κ3) is 2.89. The van der Waals surface area contributed by atoms with Gasteiger partial charge in [-0.3, -0.25) is 14.2 Å². The van der Waals surface area contributed by atoms with Gasteiger partial charge in [0.2, 0.25) is 0 Å². The molecule has 6 heteroatoms. The maximum atomic E-state index is 12.3. The lowest BCUT2D eigenvalue weighted by molar-refractivity contribution is -0.108. The number of aldehydes is 1. The van der Waals surface area contributed by atoms with Gasteiger partial charge in [-0.1, -0.05) is 18.2 Å². The lowest BCUT2D eigenvalue weighted by Crippen LogP contribution is -2.44. The number of hydrogen-bond donors (Lipinski definition) is 0. The Kier molecular flexibility index (Phi) is 4.27. The molecular formula is C15H14N2O4. The summed E-state index contributed by atoms with van der Waals surface area (Å²) in [5.74, 6) is -0.672. The van der Waals surface area contributed by atoms with E-state index < -0.39 is 17.2 Å². The summed E-state index contributed by atoms with van der Waals surface area (Å²) in [4.78, 5) is 47.1. The third-order valence-corrected chi connectivity index (χ3v) is 3.04. The Morgan fingerprint density at radius 1 is 1.19 bits per heavy atom. The van der Waals surface area contributed by atoms with Crippen molar-refractivity contribution in [1.29, 1.82) is 0 Å². The van der Waals surface area contributed by atoms with Crippen molar-refractivity contribution in [2.45, 2.75) is 19.9 Å². The smallest absolute Gasteiger partial charge is 0.303 e. The normalized spacial score (nSPS) is 10.3. The minimum absolute atomic E-state index is 0.130. The van der Waals surface area contributed by atoms with Gasteiger partial charge in [0.05, 0.1) is 0 Å².